The van der Waals surface area contributed by atoms with Crippen molar-refractivity contribution in [2.75, 3.05) is 7.05 Å². The zero-order chi connectivity index (χ0) is 13.8. The second kappa shape index (κ2) is 6.18. The molecule has 2 rings (SSSR count). The number of aryl methyl sites for hydroxylation is 2. The Hall–Kier alpha value is -1.38. The van der Waals surface area contributed by atoms with Crippen LogP contribution in [0.15, 0.2) is 36.5 Å². The lowest BCUT2D eigenvalue weighted by Gasteiger charge is -2.19. The molecule has 0 aliphatic carbocycles. The largest absolute Gasteiger partial charge is 0.313 e. The van der Waals surface area contributed by atoms with Gasteiger partial charge in [0, 0.05) is 29.4 Å². The van der Waals surface area contributed by atoms with Crippen LogP contribution in [0.5, 0.6) is 0 Å². The monoisotopic (exact) mass is 274 g/mol. The van der Waals surface area contributed by atoms with Crippen molar-refractivity contribution in [2.45, 2.75) is 26.3 Å². The van der Waals surface area contributed by atoms with Crippen LogP contribution in [0.2, 0.25) is 5.02 Å². The maximum atomic E-state index is 6.11. The van der Waals surface area contributed by atoms with Gasteiger partial charge in [0.15, 0.2) is 0 Å². The highest BCUT2D eigenvalue weighted by atomic mass is 35.5. The molecule has 19 heavy (non-hydrogen) atoms. The van der Waals surface area contributed by atoms with E-state index >= 15 is 0 Å². The third-order valence-corrected chi connectivity index (χ3v) is 3.72. The van der Waals surface area contributed by atoms with Gasteiger partial charge in [-0.15, -0.1) is 0 Å². The number of pyridine rings is 1. The second-order valence-corrected chi connectivity index (χ2v) is 5.25. The fourth-order valence-corrected chi connectivity index (χ4v) is 2.46. The molecule has 0 aliphatic rings. The van der Waals surface area contributed by atoms with E-state index in [1.54, 1.807) is 0 Å². The van der Waals surface area contributed by atoms with E-state index in [0.29, 0.717) is 0 Å². The van der Waals surface area contributed by atoms with Crippen molar-refractivity contribution in [2.24, 2.45) is 0 Å². The first kappa shape index (κ1) is 14.0. The maximum absolute atomic E-state index is 6.11. The van der Waals surface area contributed by atoms with Crippen LogP contribution in [0.3, 0.4) is 0 Å². The van der Waals surface area contributed by atoms with E-state index in [9.17, 15) is 0 Å². The Balaban J connectivity index is 2.30. The predicted molar refractivity (Wildman–Crippen MR) is 80.7 cm³/mol. The molecule has 0 radical (unpaired) electrons. The van der Waals surface area contributed by atoms with Gasteiger partial charge in [-0.2, -0.15) is 0 Å². The first-order valence-electron chi connectivity index (χ1n) is 6.45. The number of nitrogens with one attached hydrogen (secondary N) is 1. The Morgan fingerprint density at radius 1 is 1.21 bits per heavy atom. The van der Waals surface area contributed by atoms with Crippen molar-refractivity contribution in [1.29, 1.82) is 0 Å². The fraction of sp³-hybridized carbons (Fsp3) is 0.312. The predicted octanol–water partition coefficient (Wildman–Crippen LogP) is 3.86. The average molecular weight is 275 g/mol. The van der Waals surface area contributed by atoms with E-state index < -0.39 is 0 Å². The molecule has 0 saturated heterocycles. The molecule has 1 N–H and O–H groups in total. The summed E-state index contributed by atoms with van der Waals surface area (Å²) in [5.74, 6) is 0. The molecule has 0 aliphatic heterocycles. The Kier molecular flexibility index (Phi) is 4.56. The van der Waals surface area contributed by atoms with E-state index in [4.69, 9.17) is 11.6 Å². The summed E-state index contributed by atoms with van der Waals surface area (Å²) in [4.78, 5) is 4.47. The van der Waals surface area contributed by atoms with Crippen LogP contribution in [0, 0.1) is 13.8 Å². The van der Waals surface area contributed by atoms with Crippen molar-refractivity contribution in [1.82, 2.24) is 10.3 Å². The van der Waals surface area contributed by atoms with Crippen LogP contribution in [-0.2, 0) is 6.42 Å². The summed E-state index contributed by atoms with van der Waals surface area (Å²) in [5, 5.41) is 4.14. The molecule has 1 aromatic heterocycles. The van der Waals surface area contributed by atoms with Crippen LogP contribution in [-0.4, -0.2) is 12.0 Å². The first-order chi connectivity index (χ1) is 9.11. The van der Waals surface area contributed by atoms with Gasteiger partial charge in [-0.3, -0.25) is 4.98 Å². The maximum Gasteiger partial charge on any atom is 0.0451 e. The summed E-state index contributed by atoms with van der Waals surface area (Å²) in [6, 6.07) is 10.3. The van der Waals surface area contributed by atoms with E-state index in [0.717, 1.165) is 17.1 Å². The summed E-state index contributed by atoms with van der Waals surface area (Å²) >= 11 is 6.11. The summed E-state index contributed by atoms with van der Waals surface area (Å²) < 4.78 is 0. The Labute approximate surface area is 119 Å². The minimum absolute atomic E-state index is 0.229. The zero-order valence-corrected chi connectivity index (χ0v) is 12.3. The highest BCUT2D eigenvalue weighted by molar-refractivity contribution is 6.30. The molecule has 1 heterocycles. The van der Waals surface area contributed by atoms with Crippen LogP contribution in [0.1, 0.15) is 28.4 Å². The van der Waals surface area contributed by atoms with E-state index in [1.807, 2.05) is 31.4 Å². The average Bonchev–Trinajstić information content (AvgIpc) is 2.41. The third kappa shape index (κ3) is 3.34. The van der Waals surface area contributed by atoms with Crippen molar-refractivity contribution < 1.29 is 0 Å². The number of halogens is 1. The number of aromatic nitrogens is 1. The highest BCUT2D eigenvalue weighted by Gasteiger charge is 2.14. The molecule has 0 amide bonds. The molecule has 0 bridgehead atoms. The number of hydrogen-bond donors (Lipinski definition) is 1. The Morgan fingerprint density at radius 3 is 2.68 bits per heavy atom. The van der Waals surface area contributed by atoms with Gasteiger partial charge < -0.3 is 5.32 Å². The quantitative estimate of drug-likeness (QED) is 0.916. The van der Waals surface area contributed by atoms with E-state index in [-0.39, 0.29) is 6.04 Å². The third-order valence-electron chi connectivity index (χ3n) is 3.48. The van der Waals surface area contributed by atoms with Gasteiger partial charge in [0.05, 0.1) is 0 Å². The van der Waals surface area contributed by atoms with E-state index in [1.165, 1.54) is 16.7 Å². The summed E-state index contributed by atoms with van der Waals surface area (Å²) in [5.41, 5.74) is 4.83. The standard InChI is InChI=1S/C16H19ClN2/c1-11-6-7-13(17)9-14(11)16(18-3)10-15-12(2)5-4-8-19-15/h4-9,16,18H,10H2,1-3H3. The highest BCUT2D eigenvalue weighted by Crippen LogP contribution is 2.25. The summed E-state index contributed by atoms with van der Waals surface area (Å²) in [6.07, 6.45) is 2.71. The molecule has 2 nitrogen and oxygen atoms in total. The molecule has 1 atom stereocenters. The SMILES string of the molecule is CNC(Cc1ncccc1C)c1cc(Cl)ccc1C. The number of likely N-dealkylation sites (N-methyl/N-ethyl adjacent to an activating group) is 1. The van der Waals surface area contributed by atoms with E-state index in [2.05, 4.69) is 36.3 Å². The van der Waals surface area contributed by atoms with Crippen LogP contribution in [0.4, 0.5) is 0 Å². The molecule has 0 saturated carbocycles. The van der Waals surface area contributed by atoms with Crippen molar-refractivity contribution >= 4 is 11.6 Å². The number of nitrogens with zero attached hydrogens (tertiary/aromatic N) is 1. The normalized spacial score (nSPS) is 12.4. The summed E-state index contributed by atoms with van der Waals surface area (Å²) in [6.45, 7) is 4.21. The van der Waals surface area contributed by atoms with Crippen molar-refractivity contribution in [3.8, 4) is 0 Å². The summed E-state index contributed by atoms with van der Waals surface area (Å²) in [7, 11) is 1.98. The van der Waals surface area contributed by atoms with Gasteiger partial charge in [0.2, 0.25) is 0 Å². The molecule has 0 spiro atoms. The zero-order valence-electron chi connectivity index (χ0n) is 11.6. The van der Waals surface area contributed by atoms with Crippen LogP contribution >= 0.6 is 11.6 Å². The minimum Gasteiger partial charge on any atom is -0.313 e. The van der Waals surface area contributed by atoms with Gasteiger partial charge in [-0.25, -0.2) is 0 Å². The fourth-order valence-electron chi connectivity index (χ4n) is 2.28. The lowest BCUT2D eigenvalue weighted by atomic mass is 9.96. The van der Waals surface area contributed by atoms with Crippen LogP contribution < -0.4 is 5.32 Å². The van der Waals surface area contributed by atoms with Crippen molar-refractivity contribution in [3.63, 3.8) is 0 Å². The Bertz CT molecular complexity index is 566. The topological polar surface area (TPSA) is 24.9 Å². The van der Waals surface area contributed by atoms with Crippen molar-refractivity contribution in [3.05, 3.63) is 63.9 Å². The number of hydrogen-bond acceptors (Lipinski definition) is 2. The second-order valence-electron chi connectivity index (χ2n) is 4.81. The molecule has 3 heteroatoms. The van der Waals surface area contributed by atoms with Gasteiger partial charge in [-0.05, 0) is 55.8 Å². The van der Waals surface area contributed by atoms with Gasteiger partial charge >= 0.3 is 0 Å². The molecular weight excluding hydrogens is 256 g/mol. The van der Waals surface area contributed by atoms with Gasteiger partial charge in [-0.1, -0.05) is 23.7 Å². The van der Waals surface area contributed by atoms with Crippen LogP contribution in [0.25, 0.3) is 0 Å². The molecule has 1 aromatic carbocycles. The van der Waals surface area contributed by atoms with Gasteiger partial charge in [0.25, 0.3) is 0 Å². The Morgan fingerprint density at radius 2 is 2.00 bits per heavy atom. The molecule has 100 valence electrons. The first-order valence-corrected chi connectivity index (χ1v) is 6.83. The molecule has 2 aromatic rings. The molecule has 1 unspecified atom stereocenters. The van der Waals surface area contributed by atoms with Gasteiger partial charge in [0.1, 0.15) is 0 Å². The lowest BCUT2D eigenvalue weighted by Crippen LogP contribution is -2.20. The number of rotatable bonds is 4. The molecule has 0 fully saturated rings. The minimum atomic E-state index is 0.229. The number of benzene rings is 1. The lowest BCUT2D eigenvalue weighted by molar-refractivity contribution is 0.580. The smallest absolute Gasteiger partial charge is 0.0451 e. The molecular formula is C16H19ClN2.